The number of aromatic nitrogens is 2. The minimum atomic E-state index is 0.839. The molecule has 0 fully saturated rings. The molecule has 0 radical (unpaired) electrons. The van der Waals surface area contributed by atoms with Gasteiger partial charge in [0.05, 0.1) is 12.4 Å². The molecule has 2 rings (SSSR count). The van der Waals surface area contributed by atoms with Crippen LogP contribution in [0, 0.1) is 0 Å². The molecule has 0 atom stereocenters. The van der Waals surface area contributed by atoms with E-state index in [4.69, 9.17) is 0 Å². The Balaban J connectivity index is 2.03. The zero-order valence-electron chi connectivity index (χ0n) is 10.8. The van der Waals surface area contributed by atoms with Crippen LogP contribution in [0.15, 0.2) is 29.2 Å². The first kappa shape index (κ1) is 12.8. The molecule has 0 saturated heterocycles. The maximum absolute atomic E-state index is 4.55. The van der Waals surface area contributed by atoms with Gasteiger partial charge in [-0.05, 0) is 28.8 Å². The van der Waals surface area contributed by atoms with Gasteiger partial charge in [0.25, 0.3) is 0 Å². The molecule has 0 bridgehead atoms. The fraction of sp³-hybridized carbons (Fsp3) is 0.385. The topological polar surface area (TPSA) is 41.1 Å². The first-order valence-corrected chi connectivity index (χ1v) is 7.02. The van der Waals surface area contributed by atoms with Crippen LogP contribution in [0.5, 0.6) is 0 Å². The average Bonchev–Trinajstić information content (AvgIpc) is 2.89. The lowest BCUT2D eigenvalue weighted by Crippen LogP contribution is -2.18. The molecule has 0 aliphatic carbocycles. The van der Waals surface area contributed by atoms with Crippen LogP contribution >= 0.6 is 11.3 Å². The summed E-state index contributed by atoms with van der Waals surface area (Å²) in [4.78, 5) is 10.9. The van der Waals surface area contributed by atoms with Crippen LogP contribution in [0.1, 0.15) is 18.9 Å². The lowest BCUT2D eigenvalue weighted by atomic mass is 10.3. The zero-order chi connectivity index (χ0) is 12.8. The third-order valence-corrected chi connectivity index (χ3v) is 3.30. The van der Waals surface area contributed by atoms with E-state index in [0.717, 1.165) is 31.1 Å². The van der Waals surface area contributed by atoms with Crippen molar-refractivity contribution >= 4 is 23.0 Å². The molecule has 0 spiro atoms. The number of hydrogen-bond donors (Lipinski definition) is 1. The molecule has 4 nitrogen and oxygen atoms in total. The van der Waals surface area contributed by atoms with E-state index in [1.54, 1.807) is 23.7 Å². The van der Waals surface area contributed by atoms with Crippen molar-refractivity contribution in [3.05, 3.63) is 34.8 Å². The molecule has 2 aromatic heterocycles. The molecular weight excluding hydrogens is 244 g/mol. The number of nitrogens with zero attached hydrogens (tertiary/aromatic N) is 3. The van der Waals surface area contributed by atoms with Crippen molar-refractivity contribution < 1.29 is 0 Å². The minimum absolute atomic E-state index is 0.839. The Morgan fingerprint density at radius 3 is 3.00 bits per heavy atom. The van der Waals surface area contributed by atoms with Crippen LogP contribution in [-0.4, -0.2) is 23.6 Å². The van der Waals surface area contributed by atoms with Crippen LogP contribution in [0.3, 0.4) is 0 Å². The molecule has 0 saturated carbocycles. The van der Waals surface area contributed by atoms with E-state index in [9.17, 15) is 0 Å². The summed E-state index contributed by atoms with van der Waals surface area (Å²) in [5.74, 6) is 1.73. The molecule has 0 unspecified atom stereocenters. The Kier molecular flexibility index (Phi) is 4.52. The zero-order valence-corrected chi connectivity index (χ0v) is 11.6. The van der Waals surface area contributed by atoms with Gasteiger partial charge in [0.15, 0.2) is 0 Å². The lowest BCUT2D eigenvalue weighted by Gasteiger charge is -2.17. The predicted molar refractivity (Wildman–Crippen MR) is 77.2 cm³/mol. The summed E-state index contributed by atoms with van der Waals surface area (Å²) in [7, 11) is 2.03. The third kappa shape index (κ3) is 3.43. The second-order valence-electron chi connectivity index (χ2n) is 4.18. The van der Waals surface area contributed by atoms with Gasteiger partial charge in [-0.15, -0.1) is 0 Å². The molecule has 2 aromatic rings. The van der Waals surface area contributed by atoms with Gasteiger partial charge in [0, 0.05) is 20.1 Å². The van der Waals surface area contributed by atoms with E-state index < -0.39 is 0 Å². The van der Waals surface area contributed by atoms with Gasteiger partial charge in [-0.25, -0.2) is 4.98 Å². The molecular formula is C13H18N4S. The predicted octanol–water partition coefficient (Wildman–Crippen LogP) is 3.00. The Labute approximate surface area is 112 Å². The molecule has 1 N–H and O–H groups in total. The maximum Gasteiger partial charge on any atom is 0.149 e. The van der Waals surface area contributed by atoms with E-state index >= 15 is 0 Å². The number of nitrogens with one attached hydrogen (secondary N) is 1. The van der Waals surface area contributed by atoms with Crippen molar-refractivity contribution in [2.24, 2.45) is 0 Å². The van der Waals surface area contributed by atoms with Crippen molar-refractivity contribution in [3.8, 4) is 0 Å². The van der Waals surface area contributed by atoms with Crippen LogP contribution in [0.25, 0.3) is 0 Å². The van der Waals surface area contributed by atoms with Crippen LogP contribution in [0.4, 0.5) is 11.6 Å². The van der Waals surface area contributed by atoms with Gasteiger partial charge < -0.3 is 10.2 Å². The fourth-order valence-electron chi connectivity index (χ4n) is 1.62. The van der Waals surface area contributed by atoms with Gasteiger partial charge in [0.2, 0.25) is 0 Å². The standard InChI is InChI=1S/C13H18N4S/c1-3-5-15-12-7-14-8-13(16-12)17(2)9-11-4-6-18-10-11/h4,6-8,10H,3,5,9H2,1-2H3,(H,15,16). The number of anilines is 2. The van der Waals surface area contributed by atoms with Crippen molar-refractivity contribution in [1.29, 1.82) is 0 Å². The highest BCUT2D eigenvalue weighted by atomic mass is 32.1. The molecule has 2 heterocycles. The average molecular weight is 262 g/mol. The molecule has 0 aromatic carbocycles. The van der Waals surface area contributed by atoms with E-state index in [2.05, 4.69) is 43.9 Å². The number of rotatable bonds is 6. The molecule has 0 amide bonds. The quantitative estimate of drug-likeness (QED) is 0.869. The second-order valence-corrected chi connectivity index (χ2v) is 4.96. The van der Waals surface area contributed by atoms with Gasteiger partial charge in [0.1, 0.15) is 11.6 Å². The summed E-state index contributed by atoms with van der Waals surface area (Å²) in [5.41, 5.74) is 1.30. The lowest BCUT2D eigenvalue weighted by molar-refractivity contribution is 0.888. The smallest absolute Gasteiger partial charge is 0.149 e. The maximum atomic E-state index is 4.55. The van der Waals surface area contributed by atoms with Gasteiger partial charge >= 0.3 is 0 Å². The summed E-state index contributed by atoms with van der Waals surface area (Å²) in [6.07, 6.45) is 4.64. The first-order chi connectivity index (χ1) is 8.79. The van der Waals surface area contributed by atoms with E-state index in [1.165, 1.54) is 5.56 Å². The normalized spacial score (nSPS) is 10.3. The highest BCUT2D eigenvalue weighted by Crippen LogP contribution is 2.15. The highest BCUT2D eigenvalue weighted by molar-refractivity contribution is 7.07. The van der Waals surface area contributed by atoms with Crippen LogP contribution in [-0.2, 0) is 6.54 Å². The van der Waals surface area contributed by atoms with Crippen molar-refractivity contribution in [2.75, 3.05) is 23.8 Å². The van der Waals surface area contributed by atoms with Crippen LogP contribution in [0.2, 0.25) is 0 Å². The molecule has 96 valence electrons. The summed E-state index contributed by atoms with van der Waals surface area (Å²) in [6.45, 7) is 3.91. The molecule has 18 heavy (non-hydrogen) atoms. The van der Waals surface area contributed by atoms with E-state index in [0.29, 0.717) is 0 Å². The van der Waals surface area contributed by atoms with Gasteiger partial charge in [-0.3, -0.25) is 4.98 Å². The summed E-state index contributed by atoms with van der Waals surface area (Å²) >= 11 is 1.72. The first-order valence-electron chi connectivity index (χ1n) is 6.07. The van der Waals surface area contributed by atoms with Gasteiger partial charge in [-0.1, -0.05) is 6.92 Å². The Morgan fingerprint density at radius 2 is 2.28 bits per heavy atom. The Hall–Kier alpha value is -1.62. The largest absolute Gasteiger partial charge is 0.369 e. The van der Waals surface area contributed by atoms with Gasteiger partial charge in [-0.2, -0.15) is 11.3 Å². The monoisotopic (exact) mass is 262 g/mol. The minimum Gasteiger partial charge on any atom is -0.369 e. The summed E-state index contributed by atoms with van der Waals surface area (Å²) in [5, 5.41) is 7.50. The van der Waals surface area contributed by atoms with Crippen molar-refractivity contribution in [1.82, 2.24) is 9.97 Å². The molecule has 0 aliphatic rings. The number of hydrogen-bond acceptors (Lipinski definition) is 5. The summed E-state index contributed by atoms with van der Waals surface area (Å²) in [6, 6.07) is 2.13. The second kappa shape index (κ2) is 6.35. The Bertz CT molecular complexity index is 470. The van der Waals surface area contributed by atoms with Crippen molar-refractivity contribution in [3.63, 3.8) is 0 Å². The summed E-state index contributed by atoms with van der Waals surface area (Å²) < 4.78 is 0. The third-order valence-electron chi connectivity index (χ3n) is 2.57. The Morgan fingerprint density at radius 1 is 1.39 bits per heavy atom. The van der Waals surface area contributed by atoms with Crippen molar-refractivity contribution in [2.45, 2.75) is 19.9 Å². The molecule has 5 heteroatoms. The fourth-order valence-corrected chi connectivity index (χ4v) is 2.28. The SMILES string of the molecule is CCCNc1cncc(N(C)Cc2ccsc2)n1. The number of thiophene rings is 1. The van der Waals surface area contributed by atoms with Crippen LogP contribution < -0.4 is 10.2 Å². The van der Waals surface area contributed by atoms with E-state index in [1.807, 2.05) is 7.05 Å². The highest BCUT2D eigenvalue weighted by Gasteiger charge is 2.05. The molecule has 0 aliphatic heterocycles. The van der Waals surface area contributed by atoms with E-state index in [-0.39, 0.29) is 0 Å².